The first-order valence-electron chi connectivity index (χ1n) is 23.5. The smallest absolute Gasteiger partial charge is 0.387 e. The van der Waals surface area contributed by atoms with Gasteiger partial charge in [0.1, 0.15) is 19.3 Å². The highest BCUT2D eigenvalue weighted by molar-refractivity contribution is 7.47. The third-order valence-electron chi connectivity index (χ3n) is 10.8. The highest BCUT2D eigenvalue weighted by Crippen LogP contribution is 2.43. The van der Waals surface area contributed by atoms with Gasteiger partial charge in [-0.3, -0.25) is 13.8 Å². The Morgan fingerprint density at radius 3 is 1.48 bits per heavy atom. The molecule has 4 N–H and O–H groups in total. The van der Waals surface area contributed by atoms with E-state index in [-0.39, 0.29) is 6.61 Å². The SMILES string of the molecule is CCCCCCCCCCCCCCCCCCCCCCC(O)C(=O)N[C@@H](COP(=O)(O)OCC[N+](C)(C)C)[C@H](O)/C=C/CCCCCCCCCC(C)C. The maximum absolute atomic E-state index is 13.0. The van der Waals surface area contributed by atoms with Gasteiger partial charge in [-0.25, -0.2) is 4.57 Å². The molecule has 0 rings (SSSR count). The van der Waals surface area contributed by atoms with Gasteiger partial charge in [-0.15, -0.1) is 0 Å². The molecule has 10 heteroatoms. The van der Waals surface area contributed by atoms with Gasteiger partial charge in [-0.05, 0) is 25.2 Å². The van der Waals surface area contributed by atoms with Crippen LogP contribution in [0.5, 0.6) is 0 Å². The number of aliphatic hydroxyl groups is 2. The standard InChI is InChI=1S/C46H93N2O7P/c1-7-8-9-10-11-12-13-14-15-16-17-18-19-20-21-22-25-29-32-35-38-45(50)46(51)47-43(41-55-56(52,53)54-40-39-48(4,5)6)44(49)37-34-31-28-26-23-24-27-30-33-36-42(2)3/h34,37,42-45,49-50H,7-33,35-36,38-41H2,1-6H3,(H-,47,51,52,53)/p+1/b37-34+/t43-,44+,45?/m0/s1. The summed E-state index contributed by atoms with van der Waals surface area (Å²) in [7, 11) is 1.43. The second kappa shape index (κ2) is 37.2. The summed E-state index contributed by atoms with van der Waals surface area (Å²) in [6, 6.07) is -1.02. The Kier molecular flexibility index (Phi) is 36.7. The molecule has 0 radical (unpaired) electrons. The van der Waals surface area contributed by atoms with E-state index in [1.807, 2.05) is 27.2 Å². The molecule has 0 aromatic rings. The van der Waals surface area contributed by atoms with Gasteiger partial charge >= 0.3 is 7.82 Å². The number of likely N-dealkylation sites (N-methyl/N-ethyl adjacent to an activating group) is 1. The molecule has 0 saturated heterocycles. The Balaban J connectivity index is 4.39. The van der Waals surface area contributed by atoms with Crippen LogP contribution in [0.2, 0.25) is 0 Å². The van der Waals surface area contributed by atoms with Gasteiger partial charge < -0.3 is 24.9 Å². The van der Waals surface area contributed by atoms with Crippen LogP contribution >= 0.6 is 7.82 Å². The normalized spacial score (nSPS) is 15.0. The van der Waals surface area contributed by atoms with E-state index in [2.05, 4.69) is 26.1 Å². The van der Waals surface area contributed by atoms with Crippen LogP contribution in [0.15, 0.2) is 12.2 Å². The number of phosphoric acid groups is 1. The lowest BCUT2D eigenvalue weighted by atomic mass is 10.0. The van der Waals surface area contributed by atoms with E-state index in [9.17, 15) is 24.5 Å². The van der Waals surface area contributed by atoms with Crippen LogP contribution < -0.4 is 5.32 Å². The lowest BCUT2D eigenvalue weighted by molar-refractivity contribution is -0.870. The monoisotopic (exact) mass is 818 g/mol. The van der Waals surface area contributed by atoms with Crippen molar-refractivity contribution in [1.82, 2.24) is 5.32 Å². The van der Waals surface area contributed by atoms with Gasteiger partial charge in [0, 0.05) is 0 Å². The van der Waals surface area contributed by atoms with E-state index in [4.69, 9.17) is 9.05 Å². The summed E-state index contributed by atoms with van der Waals surface area (Å²) in [5.74, 6) is 0.162. The third-order valence-corrected chi connectivity index (χ3v) is 11.8. The molecule has 0 spiro atoms. The molecule has 1 amide bonds. The van der Waals surface area contributed by atoms with Crippen molar-refractivity contribution in [1.29, 1.82) is 0 Å². The lowest BCUT2D eigenvalue weighted by Gasteiger charge is -2.26. The zero-order chi connectivity index (χ0) is 41.8. The van der Waals surface area contributed by atoms with Crippen molar-refractivity contribution in [2.24, 2.45) is 5.92 Å². The average molecular weight is 818 g/mol. The van der Waals surface area contributed by atoms with Crippen molar-refractivity contribution >= 4 is 13.7 Å². The zero-order valence-electron chi connectivity index (χ0n) is 37.7. The number of rotatable bonds is 42. The second-order valence-corrected chi connectivity index (χ2v) is 19.6. The first kappa shape index (κ1) is 55.2. The minimum atomic E-state index is -4.41. The first-order chi connectivity index (χ1) is 26.8. The number of hydrogen-bond donors (Lipinski definition) is 4. The number of carbonyl (C=O) groups excluding carboxylic acids is 1. The van der Waals surface area contributed by atoms with Gasteiger partial charge in [0.2, 0.25) is 5.91 Å². The topological polar surface area (TPSA) is 125 Å². The van der Waals surface area contributed by atoms with E-state index in [1.54, 1.807) is 6.08 Å². The molecule has 0 saturated carbocycles. The zero-order valence-corrected chi connectivity index (χ0v) is 38.6. The van der Waals surface area contributed by atoms with Crippen LogP contribution in [0.1, 0.15) is 213 Å². The van der Waals surface area contributed by atoms with Crippen LogP contribution in [-0.2, 0) is 18.4 Å². The Bertz CT molecular complexity index is 958. The fraction of sp³-hybridized carbons (Fsp3) is 0.935. The summed E-state index contributed by atoms with van der Waals surface area (Å²) in [5, 5.41) is 24.2. The molecule has 0 aromatic heterocycles. The van der Waals surface area contributed by atoms with E-state index in [1.165, 1.54) is 148 Å². The van der Waals surface area contributed by atoms with Crippen LogP contribution in [0.4, 0.5) is 0 Å². The highest BCUT2D eigenvalue weighted by atomic mass is 31.2. The molecule has 0 aromatic carbocycles. The Morgan fingerprint density at radius 1 is 0.643 bits per heavy atom. The van der Waals surface area contributed by atoms with Crippen LogP contribution in [0, 0.1) is 5.92 Å². The largest absolute Gasteiger partial charge is 0.472 e. The average Bonchev–Trinajstić information content (AvgIpc) is 3.13. The fourth-order valence-corrected chi connectivity index (χ4v) is 7.67. The van der Waals surface area contributed by atoms with Crippen molar-refractivity contribution in [2.75, 3.05) is 40.9 Å². The number of nitrogens with one attached hydrogen (secondary N) is 1. The molecule has 0 heterocycles. The van der Waals surface area contributed by atoms with Gasteiger partial charge in [0.05, 0.1) is 39.9 Å². The van der Waals surface area contributed by atoms with E-state index < -0.39 is 38.6 Å². The maximum atomic E-state index is 13.0. The minimum Gasteiger partial charge on any atom is -0.387 e. The van der Waals surface area contributed by atoms with Crippen LogP contribution in [0.25, 0.3) is 0 Å². The molecule has 2 unspecified atom stereocenters. The predicted molar refractivity (Wildman–Crippen MR) is 237 cm³/mol. The molecule has 0 aliphatic rings. The lowest BCUT2D eigenvalue weighted by Crippen LogP contribution is -2.49. The van der Waals surface area contributed by atoms with E-state index in [0.29, 0.717) is 17.4 Å². The van der Waals surface area contributed by atoms with Crippen LogP contribution in [-0.4, -0.2) is 84.6 Å². The number of aliphatic hydroxyl groups excluding tert-OH is 2. The van der Waals surface area contributed by atoms with E-state index in [0.717, 1.165) is 44.4 Å². The number of quaternary nitrogens is 1. The highest BCUT2D eigenvalue weighted by Gasteiger charge is 2.29. The van der Waals surface area contributed by atoms with Gasteiger partial charge in [-0.2, -0.15) is 0 Å². The molecule has 0 aliphatic carbocycles. The number of phosphoric ester groups is 1. The summed E-state index contributed by atoms with van der Waals surface area (Å²) < 4.78 is 23.5. The number of hydrogen-bond acceptors (Lipinski definition) is 6. The summed E-state index contributed by atoms with van der Waals surface area (Å²) in [5.41, 5.74) is 0. The Hall–Kier alpha value is -0.800. The van der Waals surface area contributed by atoms with Crippen molar-refractivity contribution in [3.05, 3.63) is 12.2 Å². The van der Waals surface area contributed by atoms with Crippen molar-refractivity contribution in [3.8, 4) is 0 Å². The number of unbranched alkanes of at least 4 members (excludes halogenated alkanes) is 26. The molecule has 0 fully saturated rings. The minimum absolute atomic E-state index is 0.0207. The summed E-state index contributed by atoms with van der Waals surface area (Å²) >= 11 is 0. The van der Waals surface area contributed by atoms with Gasteiger partial charge in [0.25, 0.3) is 0 Å². The van der Waals surface area contributed by atoms with Crippen LogP contribution in [0.3, 0.4) is 0 Å². The summed E-state index contributed by atoms with van der Waals surface area (Å²) in [6.07, 6.45) is 37.9. The second-order valence-electron chi connectivity index (χ2n) is 18.1. The van der Waals surface area contributed by atoms with Gasteiger partial charge in [0.15, 0.2) is 0 Å². The quantitative estimate of drug-likeness (QED) is 0.0209. The molecule has 56 heavy (non-hydrogen) atoms. The molecule has 9 nitrogen and oxygen atoms in total. The molecule has 0 aliphatic heterocycles. The Labute approximate surface area is 346 Å². The van der Waals surface area contributed by atoms with Crippen molar-refractivity contribution < 1.29 is 38.0 Å². The predicted octanol–water partition coefficient (Wildman–Crippen LogP) is 12.0. The number of amides is 1. The first-order valence-corrected chi connectivity index (χ1v) is 25.0. The van der Waals surface area contributed by atoms with Crippen molar-refractivity contribution in [2.45, 2.75) is 232 Å². The number of allylic oxidation sites excluding steroid dienone is 1. The summed E-state index contributed by atoms with van der Waals surface area (Å²) in [4.78, 5) is 23.2. The molecular formula is C46H94N2O7P+. The maximum Gasteiger partial charge on any atom is 0.472 e. The Morgan fingerprint density at radius 2 is 1.05 bits per heavy atom. The molecular weight excluding hydrogens is 723 g/mol. The molecule has 334 valence electrons. The molecule has 4 atom stereocenters. The van der Waals surface area contributed by atoms with E-state index >= 15 is 0 Å². The van der Waals surface area contributed by atoms with Crippen molar-refractivity contribution in [3.63, 3.8) is 0 Å². The summed E-state index contributed by atoms with van der Waals surface area (Å²) in [6.45, 7) is 6.92. The number of nitrogens with zero attached hydrogens (tertiary/aromatic N) is 1. The van der Waals surface area contributed by atoms with Gasteiger partial charge in [-0.1, -0.05) is 206 Å². The third kappa shape index (κ3) is 38.7. The molecule has 0 bridgehead atoms. The fourth-order valence-electron chi connectivity index (χ4n) is 6.94. The number of carbonyl (C=O) groups is 1.